The Morgan fingerprint density at radius 1 is 1.11 bits per heavy atom. The first kappa shape index (κ1) is 15.9. The molecule has 0 bridgehead atoms. The van der Waals surface area contributed by atoms with Crippen LogP contribution in [-0.4, -0.2) is 15.3 Å². The largest absolute Gasteiger partial charge is 0.335 e. The van der Waals surface area contributed by atoms with Gasteiger partial charge in [-0.25, -0.2) is 4.98 Å². The molecule has 1 aromatic rings. The highest BCUT2D eigenvalue weighted by molar-refractivity contribution is 5.80. The van der Waals surface area contributed by atoms with Crippen LogP contribution in [0.15, 0.2) is 12.4 Å². The number of unbranched alkanes of at least 4 members (excludes halogenated alkanes) is 6. The average Bonchev–Trinajstić information content (AvgIpc) is 2.85. The lowest BCUT2D eigenvalue weighted by molar-refractivity contribution is -0.118. The maximum Gasteiger partial charge on any atom is 0.140 e. The molecule has 0 saturated heterocycles. The van der Waals surface area contributed by atoms with E-state index in [1.54, 1.807) is 6.20 Å². The Kier molecular flexibility index (Phi) is 8.19. The zero-order valence-corrected chi connectivity index (χ0v) is 12.5. The SMILES string of the molecule is CCCCCCCCCC(=O)Cc1nccn1CC. The van der Waals surface area contributed by atoms with Crippen molar-refractivity contribution in [1.82, 2.24) is 9.55 Å². The first-order valence-corrected chi connectivity index (χ1v) is 7.79. The zero-order chi connectivity index (χ0) is 13.9. The molecule has 1 heterocycles. The third-order valence-corrected chi connectivity index (χ3v) is 3.56. The monoisotopic (exact) mass is 264 g/mol. The molecule has 0 radical (unpaired) electrons. The molecule has 0 N–H and O–H groups in total. The molecule has 19 heavy (non-hydrogen) atoms. The van der Waals surface area contributed by atoms with E-state index in [1.807, 2.05) is 10.8 Å². The van der Waals surface area contributed by atoms with Gasteiger partial charge in [0.1, 0.15) is 11.6 Å². The molecular formula is C16H28N2O. The minimum Gasteiger partial charge on any atom is -0.335 e. The van der Waals surface area contributed by atoms with Gasteiger partial charge in [-0.15, -0.1) is 0 Å². The summed E-state index contributed by atoms with van der Waals surface area (Å²) in [6.45, 7) is 5.20. The molecule has 0 aliphatic carbocycles. The summed E-state index contributed by atoms with van der Waals surface area (Å²) in [7, 11) is 0. The fourth-order valence-corrected chi connectivity index (χ4v) is 2.34. The lowest BCUT2D eigenvalue weighted by atomic mass is 10.1. The van der Waals surface area contributed by atoms with Gasteiger partial charge >= 0.3 is 0 Å². The van der Waals surface area contributed by atoms with Crippen LogP contribution in [0.4, 0.5) is 0 Å². The van der Waals surface area contributed by atoms with E-state index in [1.165, 1.54) is 38.5 Å². The van der Waals surface area contributed by atoms with E-state index in [4.69, 9.17) is 0 Å². The molecule has 0 unspecified atom stereocenters. The molecule has 0 aliphatic rings. The minimum absolute atomic E-state index is 0.328. The van der Waals surface area contributed by atoms with Crippen molar-refractivity contribution in [3.8, 4) is 0 Å². The van der Waals surface area contributed by atoms with E-state index in [9.17, 15) is 4.79 Å². The van der Waals surface area contributed by atoms with Crippen molar-refractivity contribution in [1.29, 1.82) is 0 Å². The van der Waals surface area contributed by atoms with E-state index in [0.29, 0.717) is 18.6 Å². The summed E-state index contributed by atoms with van der Waals surface area (Å²) < 4.78 is 2.04. The Morgan fingerprint density at radius 2 is 1.79 bits per heavy atom. The fraction of sp³-hybridized carbons (Fsp3) is 0.750. The third kappa shape index (κ3) is 6.55. The minimum atomic E-state index is 0.328. The number of nitrogens with zero attached hydrogens (tertiary/aromatic N) is 2. The van der Waals surface area contributed by atoms with Crippen LogP contribution in [0.5, 0.6) is 0 Å². The number of ketones is 1. The van der Waals surface area contributed by atoms with Gasteiger partial charge in [0.05, 0.1) is 6.42 Å². The molecule has 1 aromatic heterocycles. The topological polar surface area (TPSA) is 34.9 Å². The van der Waals surface area contributed by atoms with Gasteiger partial charge in [0, 0.05) is 25.4 Å². The number of Topliss-reactive ketones (excluding diaryl/α,β-unsaturated/α-hetero) is 1. The number of aromatic nitrogens is 2. The van der Waals surface area contributed by atoms with Crippen molar-refractivity contribution >= 4 is 5.78 Å². The zero-order valence-electron chi connectivity index (χ0n) is 12.5. The number of carbonyl (C=O) groups excluding carboxylic acids is 1. The number of aryl methyl sites for hydroxylation is 1. The highest BCUT2D eigenvalue weighted by Crippen LogP contribution is 2.10. The molecular weight excluding hydrogens is 236 g/mol. The van der Waals surface area contributed by atoms with Gasteiger partial charge in [0.2, 0.25) is 0 Å². The summed E-state index contributed by atoms with van der Waals surface area (Å²) in [6.07, 6.45) is 13.7. The predicted molar refractivity (Wildman–Crippen MR) is 79.2 cm³/mol. The van der Waals surface area contributed by atoms with Gasteiger partial charge in [-0.05, 0) is 13.3 Å². The predicted octanol–water partition coefficient (Wildman–Crippen LogP) is 4.16. The van der Waals surface area contributed by atoms with Crippen LogP contribution in [0.3, 0.4) is 0 Å². The van der Waals surface area contributed by atoms with E-state index in [-0.39, 0.29) is 0 Å². The maximum absolute atomic E-state index is 11.9. The second kappa shape index (κ2) is 9.76. The maximum atomic E-state index is 11.9. The Bertz CT molecular complexity index is 357. The highest BCUT2D eigenvalue weighted by atomic mass is 16.1. The molecule has 0 amide bonds. The lowest BCUT2D eigenvalue weighted by Gasteiger charge is -2.04. The van der Waals surface area contributed by atoms with E-state index in [2.05, 4.69) is 18.8 Å². The molecule has 3 nitrogen and oxygen atoms in total. The van der Waals surface area contributed by atoms with Gasteiger partial charge < -0.3 is 4.57 Å². The van der Waals surface area contributed by atoms with Gasteiger partial charge in [-0.3, -0.25) is 4.79 Å². The molecule has 0 aliphatic heterocycles. The first-order chi connectivity index (χ1) is 9.27. The Hall–Kier alpha value is -1.12. The smallest absolute Gasteiger partial charge is 0.140 e. The van der Waals surface area contributed by atoms with E-state index >= 15 is 0 Å². The number of hydrogen-bond acceptors (Lipinski definition) is 2. The molecule has 1 rings (SSSR count). The lowest BCUT2D eigenvalue weighted by Crippen LogP contribution is -2.09. The fourth-order valence-electron chi connectivity index (χ4n) is 2.34. The third-order valence-electron chi connectivity index (χ3n) is 3.56. The van der Waals surface area contributed by atoms with Crippen molar-refractivity contribution in [2.75, 3.05) is 0 Å². The normalized spacial score (nSPS) is 10.8. The summed E-state index contributed by atoms with van der Waals surface area (Å²) in [6, 6.07) is 0. The van der Waals surface area contributed by atoms with Crippen LogP contribution >= 0.6 is 0 Å². The van der Waals surface area contributed by atoms with Crippen LogP contribution < -0.4 is 0 Å². The number of carbonyl (C=O) groups is 1. The van der Waals surface area contributed by atoms with E-state index < -0.39 is 0 Å². The van der Waals surface area contributed by atoms with Crippen molar-refractivity contribution in [2.24, 2.45) is 0 Å². The van der Waals surface area contributed by atoms with Gasteiger partial charge in [-0.2, -0.15) is 0 Å². The number of rotatable bonds is 11. The van der Waals surface area contributed by atoms with Crippen molar-refractivity contribution < 1.29 is 4.79 Å². The molecule has 3 heteroatoms. The van der Waals surface area contributed by atoms with Gasteiger partial charge in [-0.1, -0.05) is 45.4 Å². The number of imidazole rings is 1. The number of hydrogen-bond donors (Lipinski definition) is 0. The van der Waals surface area contributed by atoms with Crippen LogP contribution in [0.1, 0.15) is 71.0 Å². The van der Waals surface area contributed by atoms with Gasteiger partial charge in [0.15, 0.2) is 0 Å². The standard InChI is InChI=1S/C16H28N2O/c1-3-5-6-7-8-9-10-11-15(19)14-16-17-12-13-18(16)4-2/h12-13H,3-11,14H2,1-2H3. The molecule has 0 fully saturated rings. The second-order valence-electron chi connectivity index (χ2n) is 5.22. The Labute approximate surface area is 117 Å². The molecule has 0 atom stereocenters. The second-order valence-corrected chi connectivity index (χ2v) is 5.22. The summed E-state index contributed by atoms with van der Waals surface area (Å²) in [4.78, 5) is 16.1. The summed E-state index contributed by atoms with van der Waals surface area (Å²) in [5.74, 6) is 1.24. The average molecular weight is 264 g/mol. The molecule has 0 saturated carbocycles. The van der Waals surface area contributed by atoms with Crippen LogP contribution in [0.2, 0.25) is 0 Å². The molecule has 0 spiro atoms. The van der Waals surface area contributed by atoms with Crippen LogP contribution in [0, 0.1) is 0 Å². The first-order valence-electron chi connectivity index (χ1n) is 7.79. The quantitative estimate of drug-likeness (QED) is 0.563. The van der Waals surface area contributed by atoms with E-state index in [0.717, 1.165) is 18.8 Å². The van der Waals surface area contributed by atoms with Crippen molar-refractivity contribution in [3.05, 3.63) is 18.2 Å². The summed E-state index contributed by atoms with van der Waals surface area (Å²) in [5, 5.41) is 0. The molecule has 108 valence electrons. The highest BCUT2D eigenvalue weighted by Gasteiger charge is 2.08. The van der Waals surface area contributed by atoms with Crippen LogP contribution in [-0.2, 0) is 17.8 Å². The van der Waals surface area contributed by atoms with Crippen molar-refractivity contribution in [2.45, 2.75) is 78.2 Å². The summed E-state index contributed by atoms with van der Waals surface area (Å²) >= 11 is 0. The van der Waals surface area contributed by atoms with Gasteiger partial charge in [0.25, 0.3) is 0 Å². The Balaban J connectivity index is 2.08. The summed E-state index contributed by atoms with van der Waals surface area (Å²) in [5.41, 5.74) is 0. The Morgan fingerprint density at radius 3 is 2.47 bits per heavy atom. The molecule has 0 aromatic carbocycles. The van der Waals surface area contributed by atoms with Crippen LogP contribution in [0.25, 0.3) is 0 Å². The van der Waals surface area contributed by atoms with Crippen molar-refractivity contribution in [3.63, 3.8) is 0 Å².